The van der Waals surface area contributed by atoms with Crippen molar-refractivity contribution in [1.82, 2.24) is 10.2 Å². The van der Waals surface area contributed by atoms with E-state index in [1.165, 1.54) is 37.7 Å². The summed E-state index contributed by atoms with van der Waals surface area (Å²) in [6.07, 6.45) is 8.10. The van der Waals surface area contributed by atoms with Crippen molar-refractivity contribution in [1.29, 1.82) is 0 Å². The summed E-state index contributed by atoms with van der Waals surface area (Å²) in [6.45, 7) is 1.14. The Bertz CT molecular complexity index is 402. The van der Waals surface area contributed by atoms with Gasteiger partial charge in [0.2, 0.25) is 0 Å². The summed E-state index contributed by atoms with van der Waals surface area (Å²) in [4.78, 5) is 2.55. The van der Waals surface area contributed by atoms with Crippen molar-refractivity contribution >= 4 is 11.6 Å². The van der Waals surface area contributed by atoms with Gasteiger partial charge in [-0.3, -0.25) is 0 Å². The lowest BCUT2D eigenvalue weighted by atomic mass is 9.94. The fraction of sp³-hybridized carbons (Fsp3) is 0.647. The summed E-state index contributed by atoms with van der Waals surface area (Å²) in [6, 6.07) is 9.39. The molecule has 1 aliphatic carbocycles. The second kappa shape index (κ2) is 8.02. The fourth-order valence-electron chi connectivity index (χ4n) is 3.24. The number of hydrogen-bond donors (Lipinski definition) is 1. The molecule has 0 aliphatic heterocycles. The van der Waals surface area contributed by atoms with E-state index in [0.717, 1.165) is 24.0 Å². The van der Waals surface area contributed by atoms with E-state index in [9.17, 15) is 0 Å². The van der Waals surface area contributed by atoms with E-state index < -0.39 is 0 Å². The van der Waals surface area contributed by atoms with Crippen LogP contribution in [0, 0.1) is 0 Å². The standard InChI is InChI=1S/C17H27ClN2/c1-19-17(14-7-6-8-15(18)13-14)11-12-20(2)16-9-4-3-5-10-16/h6-8,13,16-17,19H,3-5,9-12H2,1-2H3. The first-order valence-electron chi connectivity index (χ1n) is 7.83. The highest BCUT2D eigenvalue weighted by atomic mass is 35.5. The topological polar surface area (TPSA) is 15.3 Å². The van der Waals surface area contributed by atoms with Crippen molar-refractivity contribution in [2.75, 3.05) is 20.6 Å². The second-order valence-corrected chi connectivity index (χ2v) is 6.39. The Labute approximate surface area is 128 Å². The minimum absolute atomic E-state index is 0.389. The molecule has 0 radical (unpaired) electrons. The van der Waals surface area contributed by atoms with Crippen LogP contribution in [-0.4, -0.2) is 31.6 Å². The first-order chi connectivity index (χ1) is 9.70. The Balaban J connectivity index is 1.87. The molecular formula is C17H27ClN2. The van der Waals surface area contributed by atoms with Gasteiger partial charge in [0.15, 0.2) is 0 Å². The lowest BCUT2D eigenvalue weighted by Gasteiger charge is -2.32. The van der Waals surface area contributed by atoms with Gasteiger partial charge in [0.25, 0.3) is 0 Å². The Morgan fingerprint density at radius 1 is 1.30 bits per heavy atom. The van der Waals surface area contributed by atoms with Gasteiger partial charge in [-0.25, -0.2) is 0 Å². The third-order valence-corrected chi connectivity index (χ3v) is 4.80. The van der Waals surface area contributed by atoms with Crippen LogP contribution in [0.2, 0.25) is 5.02 Å². The van der Waals surface area contributed by atoms with E-state index in [1.807, 2.05) is 19.2 Å². The molecule has 2 nitrogen and oxygen atoms in total. The molecule has 2 rings (SSSR count). The molecule has 1 aromatic carbocycles. The molecule has 1 saturated carbocycles. The van der Waals surface area contributed by atoms with Gasteiger partial charge in [0, 0.05) is 17.1 Å². The van der Waals surface area contributed by atoms with Crippen molar-refractivity contribution in [3.05, 3.63) is 34.9 Å². The maximum absolute atomic E-state index is 6.09. The minimum atomic E-state index is 0.389. The predicted octanol–water partition coefficient (Wildman–Crippen LogP) is 4.26. The molecule has 1 aliphatic rings. The van der Waals surface area contributed by atoms with Gasteiger partial charge in [-0.05, 0) is 57.6 Å². The summed E-state index contributed by atoms with van der Waals surface area (Å²) < 4.78 is 0. The molecule has 3 heteroatoms. The first kappa shape index (κ1) is 15.8. The lowest BCUT2D eigenvalue weighted by Crippen LogP contribution is -2.35. The molecule has 0 bridgehead atoms. The van der Waals surface area contributed by atoms with Gasteiger partial charge in [-0.1, -0.05) is 43.0 Å². The van der Waals surface area contributed by atoms with Crippen LogP contribution in [0.15, 0.2) is 24.3 Å². The highest BCUT2D eigenvalue weighted by Crippen LogP contribution is 2.24. The molecule has 1 aromatic rings. The number of nitrogens with one attached hydrogen (secondary N) is 1. The number of halogens is 1. The van der Waals surface area contributed by atoms with Crippen LogP contribution in [0.4, 0.5) is 0 Å². The minimum Gasteiger partial charge on any atom is -0.313 e. The number of rotatable bonds is 6. The molecule has 0 aromatic heterocycles. The monoisotopic (exact) mass is 294 g/mol. The van der Waals surface area contributed by atoms with E-state index in [4.69, 9.17) is 11.6 Å². The Morgan fingerprint density at radius 2 is 2.05 bits per heavy atom. The predicted molar refractivity (Wildman–Crippen MR) is 87.4 cm³/mol. The molecule has 0 saturated heterocycles. The number of hydrogen-bond acceptors (Lipinski definition) is 2. The van der Waals surface area contributed by atoms with Crippen LogP contribution in [0.3, 0.4) is 0 Å². The van der Waals surface area contributed by atoms with Gasteiger partial charge in [0.1, 0.15) is 0 Å². The third-order valence-electron chi connectivity index (χ3n) is 4.57. The van der Waals surface area contributed by atoms with Crippen LogP contribution >= 0.6 is 11.6 Å². The normalized spacial score (nSPS) is 18.4. The zero-order chi connectivity index (χ0) is 14.4. The van der Waals surface area contributed by atoms with Crippen LogP contribution < -0.4 is 5.32 Å². The van der Waals surface area contributed by atoms with Crippen molar-refractivity contribution in [3.63, 3.8) is 0 Å². The van der Waals surface area contributed by atoms with Crippen molar-refractivity contribution in [2.45, 2.75) is 50.6 Å². The molecule has 0 heterocycles. The van der Waals surface area contributed by atoms with Crippen LogP contribution in [0.5, 0.6) is 0 Å². The highest BCUT2D eigenvalue weighted by molar-refractivity contribution is 6.30. The number of nitrogens with zero attached hydrogens (tertiary/aromatic N) is 1. The maximum atomic E-state index is 6.09. The molecule has 1 unspecified atom stereocenters. The zero-order valence-electron chi connectivity index (χ0n) is 12.7. The van der Waals surface area contributed by atoms with Crippen molar-refractivity contribution < 1.29 is 0 Å². The van der Waals surface area contributed by atoms with Crippen LogP contribution in [0.25, 0.3) is 0 Å². The van der Waals surface area contributed by atoms with Crippen LogP contribution in [-0.2, 0) is 0 Å². The average Bonchev–Trinajstić information content (AvgIpc) is 2.48. The van der Waals surface area contributed by atoms with E-state index in [0.29, 0.717) is 6.04 Å². The fourth-order valence-corrected chi connectivity index (χ4v) is 3.44. The smallest absolute Gasteiger partial charge is 0.0409 e. The first-order valence-corrected chi connectivity index (χ1v) is 8.21. The molecule has 1 fully saturated rings. The molecule has 1 atom stereocenters. The molecular weight excluding hydrogens is 268 g/mol. The summed E-state index contributed by atoms with van der Waals surface area (Å²) in [5, 5.41) is 4.24. The summed E-state index contributed by atoms with van der Waals surface area (Å²) in [7, 11) is 4.31. The van der Waals surface area contributed by atoms with E-state index in [1.54, 1.807) is 0 Å². The van der Waals surface area contributed by atoms with Gasteiger partial charge >= 0.3 is 0 Å². The van der Waals surface area contributed by atoms with E-state index in [2.05, 4.69) is 29.4 Å². The second-order valence-electron chi connectivity index (χ2n) is 5.96. The zero-order valence-corrected chi connectivity index (χ0v) is 13.5. The van der Waals surface area contributed by atoms with Crippen LogP contribution in [0.1, 0.15) is 50.1 Å². The summed E-state index contributed by atoms with van der Waals surface area (Å²) in [5.41, 5.74) is 1.29. The average molecular weight is 295 g/mol. The summed E-state index contributed by atoms with van der Waals surface area (Å²) >= 11 is 6.09. The van der Waals surface area contributed by atoms with E-state index >= 15 is 0 Å². The third kappa shape index (κ3) is 4.47. The summed E-state index contributed by atoms with van der Waals surface area (Å²) in [5.74, 6) is 0. The quantitative estimate of drug-likeness (QED) is 0.843. The lowest BCUT2D eigenvalue weighted by molar-refractivity contribution is 0.184. The van der Waals surface area contributed by atoms with E-state index in [-0.39, 0.29) is 0 Å². The Kier molecular flexibility index (Phi) is 6.34. The van der Waals surface area contributed by atoms with Gasteiger partial charge < -0.3 is 10.2 Å². The van der Waals surface area contributed by atoms with Gasteiger partial charge in [0.05, 0.1) is 0 Å². The molecule has 112 valence electrons. The van der Waals surface area contributed by atoms with Crippen molar-refractivity contribution in [3.8, 4) is 0 Å². The molecule has 0 amide bonds. The maximum Gasteiger partial charge on any atom is 0.0409 e. The number of benzene rings is 1. The van der Waals surface area contributed by atoms with Gasteiger partial charge in [-0.2, -0.15) is 0 Å². The highest BCUT2D eigenvalue weighted by Gasteiger charge is 2.19. The molecule has 20 heavy (non-hydrogen) atoms. The van der Waals surface area contributed by atoms with Crippen molar-refractivity contribution in [2.24, 2.45) is 0 Å². The Hall–Kier alpha value is -0.570. The Morgan fingerprint density at radius 3 is 2.70 bits per heavy atom. The molecule has 0 spiro atoms. The largest absolute Gasteiger partial charge is 0.313 e. The SMILES string of the molecule is CNC(CCN(C)C1CCCCC1)c1cccc(Cl)c1. The molecule has 1 N–H and O–H groups in total. The van der Waals surface area contributed by atoms with Gasteiger partial charge in [-0.15, -0.1) is 0 Å².